The lowest BCUT2D eigenvalue weighted by Gasteiger charge is -2.09. The number of aromatic nitrogens is 1. The van der Waals surface area contributed by atoms with Gasteiger partial charge in [-0.1, -0.05) is 25.1 Å². The van der Waals surface area contributed by atoms with Crippen LogP contribution in [0.3, 0.4) is 0 Å². The van der Waals surface area contributed by atoms with Crippen molar-refractivity contribution in [3.63, 3.8) is 0 Å². The molecule has 0 atom stereocenters. The van der Waals surface area contributed by atoms with Crippen LogP contribution in [0.5, 0.6) is 5.75 Å². The topological polar surface area (TPSA) is 128 Å². The van der Waals surface area contributed by atoms with Gasteiger partial charge in [-0.3, -0.25) is 19.7 Å². The largest absolute Gasteiger partial charge is 0.480 e. The fraction of sp³-hybridized carbons (Fsp3) is 0.190. The third-order valence-corrected chi connectivity index (χ3v) is 4.74. The van der Waals surface area contributed by atoms with E-state index in [0.717, 1.165) is 0 Å². The standard InChI is InChI=1S/C21H18N2O7/c1-2-14-16(10-13-6-3-4-7-15(13)23(28)29)22-9-5-8-18(30-12-19(26)27)21(22)20(14)17(25)11-24/h3-9,11H,2,10,12H2,1H3,(H,26,27). The lowest BCUT2D eigenvalue weighted by atomic mass is 9.99. The number of nitro groups is 1. The first-order chi connectivity index (χ1) is 14.4. The lowest BCUT2D eigenvalue weighted by Crippen LogP contribution is -2.11. The molecule has 0 radical (unpaired) electrons. The molecule has 9 nitrogen and oxygen atoms in total. The van der Waals surface area contributed by atoms with Gasteiger partial charge in [0.25, 0.3) is 5.69 Å². The molecule has 2 aromatic heterocycles. The van der Waals surface area contributed by atoms with E-state index in [1.807, 2.05) is 0 Å². The molecule has 9 heteroatoms. The second-order valence-electron chi connectivity index (χ2n) is 6.47. The number of hydrogen-bond donors (Lipinski definition) is 1. The van der Waals surface area contributed by atoms with E-state index in [2.05, 4.69) is 0 Å². The number of aliphatic carboxylic acids is 1. The van der Waals surface area contributed by atoms with Crippen LogP contribution < -0.4 is 4.74 Å². The summed E-state index contributed by atoms with van der Waals surface area (Å²) in [6, 6.07) is 9.40. The smallest absolute Gasteiger partial charge is 0.341 e. The molecule has 30 heavy (non-hydrogen) atoms. The zero-order valence-corrected chi connectivity index (χ0v) is 16.0. The number of nitrogens with zero attached hydrogens (tertiary/aromatic N) is 2. The van der Waals surface area contributed by atoms with Crippen LogP contribution in [0.2, 0.25) is 0 Å². The van der Waals surface area contributed by atoms with Gasteiger partial charge in [-0.2, -0.15) is 0 Å². The first kappa shape index (κ1) is 20.7. The molecule has 0 spiro atoms. The van der Waals surface area contributed by atoms with Crippen molar-refractivity contribution in [3.8, 4) is 5.75 Å². The summed E-state index contributed by atoms with van der Waals surface area (Å²) >= 11 is 0. The van der Waals surface area contributed by atoms with Crippen molar-refractivity contribution < 1.29 is 29.2 Å². The van der Waals surface area contributed by atoms with E-state index in [-0.39, 0.29) is 35.2 Å². The molecular formula is C21H18N2O7. The van der Waals surface area contributed by atoms with E-state index in [4.69, 9.17) is 9.84 Å². The van der Waals surface area contributed by atoms with E-state index < -0.39 is 23.3 Å². The minimum atomic E-state index is -1.19. The van der Waals surface area contributed by atoms with Crippen molar-refractivity contribution in [1.82, 2.24) is 4.40 Å². The van der Waals surface area contributed by atoms with Crippen molar-refractivity contribution in [2.75, 3.05) is 6.61 Å². The Hall–Kier alpha value is -4.01. The van der Waals surface area contributed by atoms with E-state index in [9.17, 15) is 24.5 Å². The van der Waals surface area contributed by atoms with Gasteiger partial charge in [0, 0.05) is 29.9 Å². The van der Waals surface area contributed by atoms with Crippen molar-refractivity contribution in [2.24, 2.45) is 0 Å². The second kappa shape index (κ2) is 8.56. The van der Waals surface area contributed by atoms with E-state index >= 15 is 0 Å². The Balaban J connectivity index is 2.28. The van der Waals surface area contributed by atoms with E-state index in [1.54, 1.807) is 41.8 Å². The molecule has 2 heterocycles. The number of aldehydes is 1. The van der Waals surface area contributed by atoms with E-state index in [1.165, 1.54) is 12.1 Å². The van der Waals surface area contributed by atoms with Gasteiger partial charge in [0.15, 0.2) is 12.9 Å². The number of nitro benzene ring substituents is 1. The summed E-state index contributed by atoms with van der Waals surface area (Å²) < 4.78 is 6.97. The van der Waals surface area contributed by atoms with Gasteiger partial charge in [-0.25, -0.2) is 4.79 Å². The molecule has 0 saturated carbocycles. The highest BCUT2D eigenvalue weighted by Crippen LogP contribution is 2.34. The Morgan fingerprint density at radius 2 is 1.97 bits per heavy atom. The minimum absolute atomic E-state index is 0.0592. The monoisotopic (exact) mass is 410 g/mol. The zero-order valence-electron chi connectivity index (χ0n) is 16.0. The molecule has 0 fully saturated rings. The number of carboxylic acid groups (broad SMARTS) is 1. The molecule has 1 N–H and O–H groups in total. The van der Waals surface area contributed by atoms with Crippen LogP contribution in [0.15, 0.2) is 42.6 Å². The molecule has 3 rings (SSSR count). The number of Topliss-reactive ketones (excluding diaryl/α,β-unsaturated/α-hetero) is 1. The average Bonchev–Trinajstić information content (AvgIpc) is 3.05. The van der Waals surface area contributed by atoms with Gasteiger partial charge in [0.05, 0.1) is 16.0 Å². The Kier molecular flexibility index (Phi) is 5.91. The van der Waals surface area contributed by atoms with Crippen LogP contribution >= 0.6 is 0 Å². The number of para-hydroxylation sites is 1. The Labute approximate surface area is 170 Å². The summed E-state index contributed by atoms with van der Waals surface area (Å²) in [5.74, 6) is -1.83. The number of hydrogen-bond acceptors (Lipinski definition) is 6. The summed E-state index contributed by atoms with van der Waals surface area (Å²) in [6.45, 7) is 1.18. The maximum absolute atomic E-state index is 12.5. The minimum Gasteiger partial charge on any atom is -0.480 e. The van der Waals surface area contributed by atoms with Gasteiger partial charge in [-0.05, 0) is 24.1 Å². The first-order valence-corrected chi connectivity index (χ1v) is 9.10. The number of carboxylic acids is 1. The fourth-order valence-corrected chi connectivity index (χ4v) is 3.56. The highest BCUT2D eigenvalue weighted by atomic mass is 16.6. The molecule has 3 aromatic rings. The fourth-order valence-electron chi connectivity index (χ4n) is 3.56. The van der Waals surface area contributed by atoms with Gasteiger partial charge < -0.3 is 14.2 Å². The lowest BCUT2D eigenvalue weighted by molar-refractivity contribution is -0.385. The van der Waals surface area contributed by atoms with E-state index in [0.29, 0.717) is 23.2 Å². The van der Waals surface area contributed by atoms with Crippen LogP contribution in [-0.4, -0.2) is 39.1 Å². The number of pyridine rings is 1. The van der Waals surface area contributed by atoms with Crippen LogP contribution in [0, 0.1) is 10.1 Å². The number of fused-ring (bicyclic) bond motifs is 1. The van der Waals surface area contributed by atoms with Gasteiger partial charge in [0.1, 0.15) is 5.75 Å². The highest BCUT2D eigenvalue weighted by molar-refractivity contribution is 6.36. The average molecular weight is 410 g/mol. The number of benzene rings is 1. The SMILES string of the molecule is CCc1c(C(=O)C=O)c2c(OCC(=O)O)cccn2c1Cc1ccccc1[N+](=O)[O-]. The summed E-state index contributed by atoms with van der Waals surface area (Å²) in [4.78, 5) is 45.7. The maximum atomic E-state index is 12.5. The molecule has 0 unspecified atom stereocenters. The molecule has 0 saturated heterocycles. The van der Waals surface area contributed by atoms with Crippen LogP contribution in [0.25, 0.3) is 5.52 Å². The highest BCUT2D eigenvalue weighted by Gasteiger charge is 2.26. The number of ether oxygens (including phenoxy) is 1. The zero-order chi connectivity index (χ0) is 21.8. The predicted octanol–water partition coefficient (Wildman–Crippen LogP) is 2.85. The summed E-state index contributed by atoms with van der Waals surface area (Å²) in [5.41, 5.74) is 1.90. The third kappa shape index (κ3) is 3.77. The van der Waals surface area contributed by atoms with Gasteiger partial charge >= 0.3 is 5.97 Å². The van der Waals surface area contributed by atoms with Crippen molar-refractivity contribution in [2.45, 2.75) is 19.8 Å². The number of ketones is 1. The molecule has 0 bridgehead atoms. The van der Waals surface area contributed by atoms with Gasteiger partial charge in [-0.15, -0.1) is 0 Å². The number of rotatable bonds is 9. The third-order valence-electron chi connectivity index (χ3n) is 4.74. The van der Waals surface area contributed by atoms with Crippen molar-refractivity contribution in [1.29, 1.82) is 0 Å². The molecule has 1 aromatic carbocycles. The Bertz CT molecular complexity index is 1160. The van der Waals surface area contributed by atoms with Crippen molar-refractivity contribution in [3.05, 3.63) is 75.1 Å². The molecule has 0 aliphatic carbocycles. The Morgan fingerprint density at radius 3 is 2.60 bits per heavy atom. The summed E-state index contributed by atoms with van der Waals surface area (Å²) in [7, 11) is 0. The van der Waals surface area contributed by atoms with Crippen LogP contribution in [-0.2, 0) is 22.4 Å². The van der Waals surface area contributed by atoms with Crippen LogP contribution in [0.4, 0.5) is 5.69 Å². The summed E-state index contributed by atoms with van der Waals surface area (Å²) in [6.07, 6.45) is 2.35. The van der Waals surface area contributed by atoms with Crippen molar-refractivity contribution >= 4 is 29.2 Å². The normalized spacial score (nSPS) is 10.7. The van der Waals surface area contributed by atoms with Gasteiger partial charge in [0.2, 0.25) is 5.78 Å². The molecule has 0 aliphatic rings. The second-order valence-corrected chi connectivity index (χ2v) is 6.47. The number of carbonyl (C=O) groups excluding carboxylic acids is 2. The van der Waals surface area contributed by atoms with Crippen LogP contribution in [0.1, 0.15) is 34.1 Å². The first-order valence-electron chi connectivity index (χ1n) is 9.10. The molecule has 0 aliphatic heterocycles. The molecule has 0 amide bonds. The predicted molar refractivity (Wildman–Crippen MR) is 106 cm³/mol. The quantitative estimate of drug-likeness (QED) is 0.189. The maximum Gasteiger partial charge on any atom is 0.341 e. The molecular weight excluding hydrogens is 392 g/mol. The Morgan fingerprint density at radius 1 is 1.23 bits per heavy atom. The molecule has 154 valence electrons. The number of carbonyl (C=O) groups is 3. The summed E-state index contributed by atoms with van der Waals surface area (Å²) in [5, 5.41) is 20.4.